The number of methoxy groups -OCH3 is 3. The van der Waals surface area contributed by atoms with Crippen LogP contribution in [0.2, 0.25) is 0 Å². The largest absolute Gasteiger partial charge is 0.497 e. The van der Waals surface area contributed by atoms with Gasteiger partial charge in [0.25, 0.3) is 0 Å². The normalized spacial score (nSPS) is 11.8. The molecule has 7 heteroatoms. The zero-order chi connectivity index (χ0) is 17.4. The van der Waals surface area contributed by atoms with E-state index in [1.165, 1.54) is 0 Å². The van der Waals surface area contributed by atoms with Gasteiger partial charge < -0.3 is 24.1 Å². The van der Waals surface area contributed by atoms with Crippen molar-refractivity contribution >= 4 is 5.91 Å². The SMILES string of the molecule is COCCNC(=O)C[C@@H](c1cc(OC)ccc1OC)n1ccnc1. The first-order chi connectivity index (χ1) is 11.7. The first kappa shape index (κ1) is 17.8. The van der Waals surface area contributed by atoms with E-state index in [9.17, 15) is 4.79 Å². The number of nitrogens with one attached hydrogen (secondary N) is 1. The van der Waals surface area contributed by atoms with Crippen LogP contribution < -0.4 is 14.8 Å². The van der Waals surface area contributed by atoms with Crippen LogP contribution in [0.1, 0.15) is 18.0 Å². The van der Waals surface area contributed by atoms with Gasteiger partial charge in [-0.2, -0.15) is 0 Å². The van der Waals surface area contributed by atoms with Gasteiger partial charge in [0.1, 0.15) is 11.5 Å². The van der Waals surface area contributed by atoms with Gasteiger partial charge in [-0.15, -0.1) is 0 Å². The standard InChI is InChI=1S/C17H23N3O4/c1-22-9-7-19-17(21)11-15(20-8-6-18-12-20)14-10-13(23-2)4-5-16(14)24-3/h4-6,8,10,12,15H,7,9,11H2,1-3H3,(H,19,21)/t15-/m0/s1. The molecule has 1 amide bonds. The molecule has 1 aromatic carbocycles. The lowest BCUT2D eigenvalue weighted by Crippen LogP contribution is -2.29. The molecule has 24 heavy (non-hydrogen) atoms. The molecule has 0 aliphatic heterocycles. The summed E-state index contributed by atoms with van der Waals surface area (Å²) < 4.78 is 17.6. The number of hydrogen-bond acceptors (Lipinski definition) is 5. The topological polar surface area (TPSA) is 74.6 Å². The number of hydrogen-bond donors (Lipinski definition) is 1. The first-order valence-electron chi connectivity index (χ1n) is 7.64. The Morgan fingerprint density at radius 2 is 2.12 bits per heavy atom. The van der Waals surface area contributed by atoms with E-state index in [-0.39, 0.29) is 18.4 Å². The average molecular weight is 333 g/mol. The van der Waals surface area contributed by atoms with E-state index in [2.05, 4.69) is 10.3 Å². The van der Waals surface area contributed by atoms with Crippen molar-refractivity contribution in [2.45, 2.75) is 12.5 Å². The summed E-state index contributed by atoms with van der Waals surface area (Å²) in [5.41, 5.74) is 0.858. The summed E-state index contributed by atoms with van der Waals surface area (Å²) in [7, 11) is 4.81. The number of ether oxygens (including phenoxy) is 3. The molecule has 2 aromatic rings. The molecule has 1 heterocycles. The van der Waals surface area contributed by atoms with Crippen molar-refractivity contribution < 1.29 is 19.0 Å². The first-order valence-corrected chi connectivity index (χ1v) is 7.64. The molecule has 1 N–H and O–H groups in total. The molecule has 0 radical (unpaired) electrons. The summed E-state index contributed by atoms with van der Waals surface area (Å²) in [6.45, 7) is 0.950. The second-order valence-corrected chi connectivity index (χ2v) is 5.18. The summed E-state index contributed by atoms with van der Waals surface area (Å²) in [6.07, 6.45) is 5.45. The molecule has 7 nitrogen and oxygen atoms in total. The van der Waals surface area contributed by atoms with Gasteiger partial charge in [0.15, 0.2) is 0 Å². The highest BCUT2D eigenvalue weighted by atomic mass is 16.5. The van der Waals surface area contributed by atoms with E-state index in [4.69, 9.17) is 14.2 Å². The summed E-state index contributed by atoms with van der Waals surface area (Å²) in [4.78, 5) is 16.4. The second-order valence-electron chi connectivity index (χ2n) is 5.18. The van der Waals surface area contributed by atoms with E-state index in [1.807, 2.05) is 29.0 Å². The van der Waals surface area contributed by atoms with Crippen LogP contribution in [0.3, 0.4) is 0 Å². The quantitative estimate of drug-likeness (QED) is 0.706. The molecule has 1 aromatic heterocycles. The monoisotopic (exact) mass is 333 g/mol. The summed E-state index contributed by atoms with van der Waals surface area (Å²) in [5.74, 6) is 1.32. The molecule has 0 spiro atoms. The smallest absolute Gasteiger partial charge is 0.222 e. The number of carbonyl (C=O) groups is 1. The lowest BCUT2D eigenvalue weighted by atomic mass is 10.0. The summed E-state index contributed by atoms with van der Waals surface area (Å²) >= 11 is 0. The van der Waals surface area contributed by atoms with Crippen LogP contribution in [0.25, 0.3) is 0 Å². The Hall–Kier alpha value is -2.54. The van der Waals surface area contributed by atoms with Gasteiger partial charge in [0.2, 0.25) is 5.91 Å². The minimum Gasteiger partial charge on any atom is -0.497 e. The minimum absolute atomic E-state index is 0.0735. The third kappa shape index (κ3) is 4.48. The maximum atomic E-state index is 12.3. The number of nitrogens with zero attached hydrogens (tertiary/aromatic N) is 2. The van der Waals surface area contributed by atoms with E-state index < -0.39 is 0 Å². The number of benzene rings is 1. The fraction of sp³-hybridized carbons (Fsp3) is 0.412. The van der Waals surface area contributed by atoms with Gasteiger partial charge in [0.05, 0.1) is 39.6 Å². The van der Waals surface area contributed by atoms with Crippen LogP contribution in [0.4, 0.5) is 0 Å². The van der Waals surface area contributed by atoms with E-state index in [0.717, 1.165) is 5.56 Å². The van der Waals surface area contributed by atoms with Gasteiger partial charge in [-0.25, -0.2) is 4.98 Å². The molecule has 0 saturated heterocycles. The Balaban J connectivity index is 2.28. The number of carbonyl (C=O) groups excluding carboxylic acids is 1. The molecule has 1 atom stereocenters. The van der Waals surface area contributed by atoms with Crippen molar-refractivity contribution in [3.63, 3.8) is 0 Å². The summed E-state index contributed by atoms with van der Waals surface area (Å²) in [5, 5.41) is 2.84. The highest BCUT2D eigenvalue weighted by Crippen LogP contribution is 2.33. The second kappa shape index (κ2) is 8.93. The number of amides is 1. The van der Waals surface area contributed by atoms with Gasteiger partial charge in [0, 0.05) is 31.6 Å². The summed E-state index contributed by atoms with van der Waals surface area (Å²) in [6, 6.07) is 5.29. The molecular weight excluding hydrogens is 310 g/mol. The van der Waals surface area contributed by atoms with Crippen molar-refractivity contribution in [1.82, 2.24) is 14.9 Å². The zero-order valence-electron chi connectivity index (χ0n) is 14.2. The van der Waals surface area contributed by atoms with Gasteiger partial charge >= 0.3 is 0 Å². The average Bonchev–Trinajstić information content (AvgIpc) is 3.13. The van der Waals surface area contributed by atoms with Gasteiger partial charge in [-0.3, -0.25) is 4.79 Å². The lowest BCUT2D eigenvalue weighted by molar-refractivity contribution is -0.121. The predicted molar refractivity (Wildman–Crippen MR) is 89.4 cm³/mol. The van der Waals surface area contributed by atoms with E-state index in [1.54, 1.807) is 33.9 Å². The Bertz CT molecular complexity index is 643. The Labute approximate surface area is 141 Å². The van der Waals surface area contributed by atoms with Gasteiger partial charge in [-0.1, -0.05) is 0 Å². The lowest BCUT2D eigenvalue weighted by Gasteiger charge is -2.21. The van der Waals surface area contributed by atoms with Crippen LogP contribution in [-0.4, -0.2) is 49.9 Å². The number of rotatable bonds is 9. The zero-order valence-corrected chi connectivity index (χ0v) is 14.2. The fourth-order valence-corrected chi connectivity index (χ4v) is 2.47. The third-order valence-electron chi connectivity index (χ3n) is 3.69. The number of aromatic nitrogens is 2. The van der Waals surface area contributed by atoms with E-state index >= 15 is 0 Å². The molecule has 2 rings (SSSR count). The highest BCUT2D eigenvalue weighted by molar-refractivity contribution is 5.77. The maximum Gasteiger partial charge on any atom is 0.222 e. The van der Waals surface area contributed by atoms with Gasteiger partial charge in [-0.05, 0) is 18.2 Å². The molecule has 0 unspecified atom stereocenters. The van der Waals surface area contributed by atoms with Crippen molar-refractivity contribution in [3.05, 3.63) is 42.5 Å². The molecule has 0 aliphatic rings. The van der Waals surface area contributed by atoms with E-state index in [0.29, 0.717) is 24.7 Å². The van der Waals surface area contributed by atoms with Crippen LogP contribution in [0, 0.1) is 0 Å². The maximum absolute atomic E-state index is 12.3. The molecule has 0 bridgehead atoms. The van der Waals surface area contributed by atoms with Crippen molar-refractivity contribution in [1.29, 1.82) is 0 Å². The van der Waals surface area contributed by atoms with Crippen LogP contribution in [0.15, 0.2) is 36.9 Å². The van der Waals surface area contributed by atoms with Crippen LogP contribution in [-0.2, 0) is 9.53 Å². The highest BCUT2D eigenvalue weighted by Gasteiger charge is 2.22. The van der Waals surface area contributed by atoms with Crippen LogP contribution in [0.5, 0.6) is 11.5 Å². The molecule has 0 saturated carbocycles. The predicted octanol–water partition coefficient (Wildman–Crippen LogP) is 1.64. The fourth-order valence-electron chi connectivity index (χ4n) is 2.47. The molecule has 0 fully saturated rings. The third-order valence-corrected chi connectivity index (χ3v) is 3.69. The van der Waals surface area contributed by atoms with Crippen molar-refractivity contribution in [2.75, 3.05) is 34.5 Å². The minimum atomic E-state index is -0.250. The van der Waals surface area contributed by atoms with Crippen molar-refractivity contribution in [3.8, 4) is 11.5 Å². The van der Waals surface area contributed by atoms with Crippen molar-refractivity contribution in [2.24, 2.45) is 0 Å². The Kier molecular flexibility index (Phi) is 6.62. The Morgan fingerprint density at radius 3 is 2.75 bits per heavy atom. The molecular formula is C17H23N3O4. The molecule has 0 aliphatic carbocycles. The Morgan fingerprint density at radius 1 is 1.29 bits per heavy atom. The number of imidazole rings is 1. The molecule has 130 valence electrons. The van der Waals surface area contributed by atoms with Crippen LogP contribution >= 0.6 is 0 Å².